The number of anilines is 1. The summed E-state index contributed by atoms with van der Waals surface area (Å²) in [5.41, 5.74) is 2.30. The van der Waals surface area contributed by atoms with Crippen LogP contribution in [-0.2, 0) is 4.74 Å². The number of aromatic hydroxyl groups is 1. The van der Waals surface area contributed by atoms with E-state index in [-0.39, 0.29) is 17.7 Å². The van der Waals surface area contributed by atoms with Gasteiger partial charge in [0.2, 0.25) is 0 Å². The van der Waals surface area contributed by atoms with Gasteiger partial charge in [-0.05, 0) is 58.7 Å². The standard InChI is InChI=1S/C19H21BrN2O3/c1-13(22-7-9-25-10-8-22)14-3-2-4-16(11-14)21-19(24)15-5-6-17(20)18(23)12-15/h2-6,11-13,23H,7-10H2,1H3,(H,21,24). The van der Waals surface area contributed by atoms with Gasteiger partial charge < -0.3 is 15.2 Å². The normalized spacial score (nSPS) is 16.4. The van der Waals surface area contributed by atoms with Gasteiger partial charge in [-0.15, -0.1) is 0 Å². The summed E-state index contributed by atoms with van der Waals surface area (Å²) < 4.78 is 5.97. The fourth-order valence-electron chi connectivity index (χ4n) is 2.91. The molecule has 1 unspecified atom stereocenters. The molecule has 0 bridgehead atoms. The van der Waals surface area contributed by atoms with Gasteiger partial charge in [-0.25, -0.2) is 0 Å². The van der Waals surface area contributed by atoms with Crippen LogP contribution < -0.4 is 5.32 Å². The lowest BCUT2D eigenvalue weighted by atomic mass is 10.1. The third kappa shape index (κ3) is 4.39. The number of benzene rings is 2. The zero-order valence-electron chi connectivity index (χ0n) is 14.0. The van der Waals surface area contributed by atoms with Crippen molar-refractivity contribution in [1.82, 2.24) is 4.90 Å². The van der Waals surface area contributed by atoms with E-state index in [0.717, 1.165) is 37.6 Å². The summed E-state index contributed by atoms with van der Waals surface area (Å²) in [5.74, 6) is -0.207. The molecular weight excluding hydrogens is 384 g/mol. The number of rotatable bonds is 4. The predicted octanol–water partition coefficient (Wildman–Crippen LogP) is 3.80. The van der Waals surface area contributed by atoms with E-state index >= 15 is 0 Å². The molecule has 3 rings (SSSR count). The van der Waals surface area contributed by atoms with Crippen molar-refractivity contribution >= 4 is 27.5 Å². The molecule has 0 spiro atoms. The van der Waals surface area contributed by atoms with Gasteiger partial charge >= 0.3 is 0 Å². The summed E-state index contributed by atoms with van der Waals surface area (Å²) in [6.07, 6.45) is 0. The van der Waals surface area contributed by atoms with E-state index in [1.54, 1.807) is 12.1 Å². The van der Waals surface area contributed by atoms with E-state index in [0.29, 0.717) is 10.0 Å². The van der Waals surface area contributed by atoms with Crippen LogP contribution in [0.5, 0.6) is 5.75 Å². The Morgan fingerprint density at radius 3 is 2.72 bits per heavy atom. The number of hydrogen-bond acceptors (Lipinski definition) is 4. The number of nitrogens with zero attached hydrogens (tertiary/aromatic N) is 1. The molecule has 2 aromatic rings. The van der Waals surface area contributed by atoms with Crippen molar-refractivity contribution in [3.05, 3.63) is 58.1 Å². The lowest BCUT2D eigenvalue weighted by molar-refractivity contribution is 0.0199. The smallest absolute Gasteiger partial charge is 0.255 e. The summed E-state index contributed by atoms with van der Waals surface area (Å²) in [6, 6.07) is 12.9. The molecule has 1 fully saturated rings. The Labute approximate surface area is 155 Å². The molecule has 0 aliphatic carbocycles. The summed E-state index contributed by atoms with van der Waals surface area (Å²) in [5, 5.41) is 12.6. The molecule has 0 radical (unpaired) electrons. The van der Waals surface area contributed by atoms with E-state index in [1.807, 2.05) is 18.2 Å². The van der Waals surface area contributed by atoms with Gasteiger partial charge in [0.25, 0.3) is 5.91 Å². The maximum atomic E-state index is 12.4. The number of phenols is 1. The van der Waals surface area contributed by atoms with E-state index in [4.69, 9.17) is 4.74 Å². The zero-order valence-corrected chi connectivity index (χ0v) is 15.6. The van der Waals surface area contributed by atoms with E-state index < -0.39 is 0 Å². The van der Waals surface area contributed by atoms with Crippen molar-refractivity contribution in [1.29, 1.82) is 0 Å². The molecule has 1 amide bonds. The zero-order chi connectivity index (χ0) is 17.8. The van der Waals surface area contributed by atoms with E-state index in [1.165, 1.54) is 6.07 Å². The molecule has 5 nitrogen and oxygen atoms in total. The van der Waals surface area contributed by atoms with Gasteiger partial charge in [0.05, 0.1) is 17.7 Å². The summed E-state index contributed by atoms with van der Waals surface area (Å²) in [6.45, 7) is 5.51. The Kier molecular flexibility index (Phi) is 5.73. The number of ether oxygens (including phenoxy) is 1. The van der Waals surface area contributed by atoms with Crippen LogP contribution in [-0.4, -0.2) is 42.2 Å². The lowest BCUT2D eigenvalue weighted by Gasteiger charge is -2.32. The van der Waals surface area contributed by atoms with Gasteiger partial charge in [-0.2, -0.15) is 0 Å². The molecular formula is C19H21BrN2O3. The highest BCUT2D eigenvalue weighted by Crippen LogP contribution is 2.26. The first-order valence-corrected chi connectivity index (χ1v) is 9.05. The molecule has 1 heterocycles. The SMILES string of the molecule is CC(c1cccc(NC(=O)c2ccc(Br)c(O)c2)c1)N1CCOCC1. The molecule has 0 saturated carbocycles. The largest absolute Gasteiger partial charge is 0.507 e. The maximum Gasteiger partial charge on any atom is 0.255 e. The molecule has 1 aliphatic heterocycles. The van der Waals surface area contributed by atoms with Crippen LogP contribution in [0.1, 0.15) is 28.9 Å². The second-order valence-corrected chi connectivity index (χ2v) is 6.92. The second-order valence-electron chi connectivity index (χ2n) is 6.07. The number of nitrogens with one attached hydrogen (secondary N) is 1. The minimum atomic E-state index is -0.251. The number of phenolic OH excluding ortho intramolecular Hbond substituents is 1. The van der Waals surface area contributed by atoms with Crippen LogP contribution >= 0.6 is 15.9 Å². The average Bonchev–Trinajstić information content (AvgIpc) is 2.64. The molecule has 25 heavy (non-hydrogen) atoms. The number of amides is 1. The van der Waals surface area contributed by atoms with Crippen LogP contribution in [0.25, 0.3) is 0 Å². The monoisotopic (exact) mass is 404 g/mol. The number of carbonyl (C=O) groups excluding carboxylic acids is 1. The summed E-state index contributed by atoms with van der Waals surface area (Å²) >= 11 is 3.21. The molecule has 2 aromatic carbocycles. The molecule has 1 saturated heterocycles. The van der Waals surface area contributed by atoms with Crippen molar-refractivity contribution in [2.75, 3.05) is 31.6 Å². The van der Waals surface area contributed by atoms with Gasteiger partial charge in [-0.3, -0.25) is 9.69 Å². The maximum absolute atomic E-state index is 12.4. The van der Waals surface area contributed by atoms with Crippen LogP contribution in [0.4, 0.5) is 5.69 Å². The Morgan fingerprint density at radius 1 is 1.24 bits per heavy atom. The minimum Gasteiger partial charge on any atom is -0.507 e. The third-order valence-corrected chi connectivity index (χ3v) is 5.10. The van der Waals surface area contributed by atoms with Gasteiger partial charge in [-0.1, -0.05) is 12.1 Å². The Hall–Kier alpha value is -1.89. The number of morpholine rings is 1. The molecule has 132 valence electrons. The van der Waals surface area contributed by atoms with Gasteiger partial charge in [0, 0.05) is 30.4 Å². The predicted molar refractivity (Wildman–Crippen MR) is 101 cm³/mol. The van der Waals surface area contributed by atoms with Crippen LogP contribution in [0.15, 0.2) is 46.9 Å². The Morgan fingerprint density at radius 2 is 2.00 bits per heavy atom. The number of halogens is 1. The Balaban J connectivity index is 1.72. The first-order valence-electron chi connectivity index (χ1n) is 8.26. The quantitative estimate of drug-likeness (QED) is 0.813. The molecule has 2 N–H and O–H groups in total. The second kappa shape index (κ2) is 7.99. The average molecular weight is 405 g/mol. The fourth-order valence-corrected chi connectivity index (χ4v) is 3.16. The van der Waals surface area contributed by atoms with Crippen molar-refractivity contribution in [3.8, 4) is 5.75 Å². The fraction of sp³-hybridized carbons (Fsp3) is 0.316. The first-order chi connectivity index (χ1) is 12.0. The summed E-state index contributed by atoms with van der Waals surface area (Å²) in [7, 11) is 0. The van der Waals surface area contributed by atoms with Crippen LogP contribution in [0, 0.1) is 0 Å². The van der Waals surface area contributed by atoms with Gasteiger partial charge in [0.1, 0.15) is 5.75 Å². The number of carbonyl (C=O) groups is 1. The molecule has 6 heteroatoms. The third-order valence-electron chi connectivity index (χ3n) is 4.43. The van der Waals surface area contributed by atoms with Crippen molar-refractivity contribution < 1.29 is 14.6 Å². The van der Waals surface area contributed by atoms with Crippen molar-refractivity contribution in [2.45, 2.75) is 13.0 Å². The molecule has 1 aliphatic rings. The van der Waals surface area contributed by atoms with Crippen LogP contribution in [0.3, 0.4) is 0 Å². The molecule has 1 atom stereocenters. The number of hydrogen-bond donors (Lipinski definition) is 2. The highest BCUT2D eigenvalue weighted by molar-refractivity contribution is 9.10. The lowest BCUT2D eigenvalue weighted by Crippen LogP contribution is -2.38. The van der Waals surface area contributed by atoms with E-state index in [9.17, 15) is 9.90 Å². The molecule has 0 aromatic heterocycles. The van der Waals surface area contributed by atoms with Crippen molar-refractivity contribution in [3.63, 3.8) is 0 Å². The minimum absolute atomic E-state index is 0.0438. The Bertz CT molecular complexity index is 760. The summed E-state index contributed by atoms with van der Waals surface area (Å²) in [4.78, 5) is 14.8. The van der Waals surface area contributed by atoms with Crippen LogP contribution in [0.2, 0.25) is 0 Å². The first kappa shape index (κ1) is 17.9. The highest BCUT2D eigenvalue weighted by Gasteiger charge is 2.19. The topological polar surface area (TPSA) is 61.8 Å². The highest BCUT2D eigenvalue weighted by atomic mass is 79.9. The van der Waals surface area contributed by atoms with E-state index in [2.05, 4.69) is 39.1 Å². The van der Waals surface area contributed by atoms with Crippen molar-refractivity contribution in [2.24, 2.45) is 0 Å². The van der Waals surface area contributed by atoms with Gasteiger partial charge in [0.15, 0.2) is 0 Å².